The lowest BCUT2D eigenvalue weighted by molar-refractivity contribution is -0.152. The minimum atomic E-state index is -1.27. The van der Waals surface area contributed by atoms with Gasteiger partial charge in [0.2, 0.25) is 5.91 Å². The maximum Gasteiger partial charge on any atom is 0.332 e. The minimum Gasteiger partial charge on any atom is -0.464 e. The first kappa shape index (κ1) is 16.4. The standard InChI is InChI=1S/C13H23N3O4/c1-4-20-13(19)10(14)12(18)16-7-5-9(6-8-16)11(17)15(2)3/h9-10H,4-8,14H2,1-3H3. The Balaban J connectivity index is 2.50. The molecule has 1 fully saturated rings. The van der Waals surface area contributed by atoms with Crippen LogP contribution in [0.15, 0.2) is 0 Å². The minimum absolute atomic E-state index is 0.0622. The Hall–Kier alpha value is -1.63. The molecule has 1 atom stereocenters. The number of hydrogen-bond donors (Lipinski definition) is 1. The van der Waals surface area contributed by atoms with E-state index in [2.05, 4.69) is 0 Å². The van der Waals surface area contributed by atoms with Gasteiger partial charge in [-0.3, -0.25) is 9.59 Å². The van der Waals surface area contributed by atoms with Gasteiger partial charge in [-0.05, 0) is 19.8 Å². The highest BCUT2D eigenvalue weighted by molar-refractivity contribution is 6.01. The van der Waals surface area contributed by atoms with Crippen LogP contribution in [0.25, 0.3) is 0 Å². The number of likely N-dealkylation sites (tertiary alicyclic amines) is 1. The Morgan fingerprint density at radius 3 is 2.30 bits per heavy atom. The fourth-order valence-corrected chi connectivity index (χ4v) is 2.24. The zero-order chi connectivity index (χ0) is 15.3. The molecule has 7 heteroatoms. The van der Waals surface area contributed by atoms with E-state index in [1.807, 2.05) is 0 Å². The highest BCUT2D eigenvalue weighted by Gasteiger charge is 2.33. The molecule has 0 radical (unpaired) electrons. The Bertz CT molecular complexity index is 376. The number of carbonyl (C=O) groups is 3. The fraction of sp³-hybridized carbons (Fsp3) is 0.769. The first-order valence-electron chi connectivity index (χ1n) is 6.80. The summed E-state index contributed by atoms with van der Waals surface area (Å²) in [5.41, 5.74) is 5.58. The SMILES string of the molecule is CCOC(=O)C(N)C(=O)N1CCC(C(=O)N(C)C)CC1. The molecule has 0 aromatic carbocycles. The van der Waals surface area contributed by atoms with Gasteiger partial charge in [-0.2, -0.15) is 0 Å². The molecular formula is C13H23N3O4. The van der Waals surface area contributed by atoms with Crippen molar-refractivity contribution in [2.45, 2.75) is 25.8 Å². The van der Waals surface area contributed by atoms with Gasteiger partial charge in [0.25, 0.3) is 5.91 Å². The van der Waals surface area contributed by atoms with Crippen molar-refractivity contribution in [3.63, 3.8) is 0 Å². The molecule has 0 aliphatic carbocycles. The van der Waals surface area contributed by atoms with E-state index in [-0.39, 0.29) is 18.4 Å². The summed E-state index contributed by atoms with van der Waals surface area (Å²) in [5.74, 6) is -1.12. The smallest absolute Gasteiger partial charge is 0.332 e. The van der Waals surface area contributed by atoms with Crippen LogP contribution in [0.4, 0.5) is 0 Å². The van der Waals surface area contributed by atoms with E-state index in [0.29, 0.717) is 25.9 Å². The Morgan fingerprint density at radius 1 is 1.30 bits per heavy atom. The molecule has 0 aromatic heterocycles. The number of rotatable bonds is 4. The van der Waals surface area contributed by atoms with Gasteiger partial charge in [0.05, 0.1) is 6.61 Å². The Kier molecular flexibility index (Phi) is 5.94. The number of esters is 1. The average molecular weight is 285 g/mol. The summed E-state index contributed by atoms with van der Waals surface area (Å²) in [6, 6.07) is -1.27. The van der Waals surface area contributed by atoms with E-state index in [9.17, 15) is 14.4 Å². The Morgan fingerprint density at radius 2 is 1.85 bits per heavy atom. The van der Waals surface area contributed by atoms with Crippen molar-refractivity contribution in [1.29, 1.82) is 0 Å². The quantitative estimate of drug-likeness (QED) is 0.539. The molecule has 20 heavy (non-hydrogen) atoms. The summed E-state index contributed by atoms with van der Waals surface area (Å²) in [5, 5.41) is 0. The van der Waals surface area contributed by atoms with Crippen molar-refractivity contribution in [2.24, 2.45) is 11.7 Å². The molecule has 1 aliphatic rings. The second-order valence-electron chi connectivity index (χ2n) is 5.06. The van der Waals surface area contributed by atoms with E-state index in [1.54, 1.807) is 25.9 Å². The third kappa shape index (κ3) is 3.93. The molecule has 1 aliphatic heterocycles. The average Bonchev–Trinajstić information content (AvgIpc) is 2.45. The maximum absolute atomic E-state index is 12.0. The van der Waals surface area contributed by atoms with Crippen molar-refractivity contribution >= 4 is 17.8 Å². The van der Waals surface area contributed by atoms with Crippen molar-refractivity contribution in [1.82, 2.24) is 9.80 Å². The zero-order valence-corrected chi connectivity index (χ0v) is 12.3. The van der Waals surface area contributed by atoms with Gasteiger partial charge < -0.3 is 20.3 Å². The van der Waals surface area contributed by atoms with E-state index in [0.717, 1.165) is 0 Å². The second kappa shape index (κ2) is 7.23. The van der Waals surface area contributed by atoms with E-state index in [1.165, 1.54) is 4.90 Å². The molecule has 2 N–H and O–H groups in total. The van der Waals surface area contributed by atoms with Gasteiger partial charge in [0.15, 0.2) is 6.04 Å². The van der Waals surface area contributed by atoms with Crippen LogP contribution in [0.1, 0.15) is 19.8 Å². The van der Waals surface area contributed by atoms with E-state index in [4.69, 9.17) is 10.5 Å². The van der Waals surface area contributed by atoms with Crippen LogP contribution < -0.4 is 5.73 Å². The zero-order valence-electron chi connectivity index (χ0n) is 12.3. The van der Waals surface area contributed by atoms with Gasteiger partial charge in [0, 0.05) is 33.1 Å². The molecule has 2 amide bonds. The lowest BCUT2D eigenvalue weighted by Crippen LogP contribution is -2.52. The third-order valence-electron chi connectivity index (χ3n) is 3.40. The molecule has 0 spiro atoms. The number of nitrogens with two attached hydrogens (primary N) is 1. The number of piperidine rings is 1. The van der Waals surface area contributed by atoms with Gasteiger partial charge in [-0.15, -0.1) is 0 Å². The van der Waals surface area contributed by atoms with Crippen molar-refractivity contribution in [2.75, 3.05) is 33.8 Å². The largest absolute Gasteiger partial charge is 0.464 e. The number of nitrogens with zero attached hydrogens (tertiary/aromatic N) is 2. The molecular weight excluding hydrogens is 262 g/mol. The second-order valence-corrected chi connectivity index (χ2v) is 5.06. The van der Waals surface area contributed by atoms with Crippen LogP contribution in [0, 0.1) is 5.92 Å². The Labute approximate surface area is 119 Å². The number of amides is 2. The lowest BCUT2D eigenvalue weighted by atomic mass is 9.95. The number of ether oxygens (including phenoxy) is 1. The normalized spacial score (nSPS) is 17.5. The first-order chi connectivity index (χ1) is 9.38. The van der Waals surface area contributed by atoms with Crippen LogP contribution in [0.3, 0.4) is 0 Å². The number of carbonyl (C=O) groups excluding carboxylic acids is 3. The predicted octanol–water partition coefficient (Wildman–Crippen LogP) is -0.796. The molecule has 1 saturated heterocycles. The molecule has 0 saturated carbocycles. The van der Waals surface area contributed by atoms with Gasteiger partial charge in [-0.25, -0.2) is 4.79 Å². The molecule has 114 valence electrons. The van der Waals surface area contributed by atoms with E-state index < -0.39 is 17.9 Å². The topological polar surface area (TPSA) is 92.9 Å². The van der Waals surface area contributed by atoms with Gasteiger partial charge >= 0.3 is 5.97 Å². The van der Waals surface area contributed by atoms with Gasteiger partial charge in [0.1, 0.15) is 0 Å². The first-order valence-corrected chi connectivity index (χ1v) is 6.80. The lowest BCUT2D eigenvalue weighted by Gasteiger charge is -2.33. The molecule has 7 nitrogen and oxygen atoms in total. The summed E-state index contributed by atoms with van der Waals surface area (Å²) in [4.78, 5) is 38.4. The number of hydrogen-bond acceptors (Lipinski definition) is 5. The third-order valence-corrected chi connectivity index (χ3v) is 3.40. The van der Waals surface area contributed by atoms with Crippen LogP contribution in [-0.4, -0.2) is 67.4 Å². The summed E-state index contributed by atoms with van der Waals surface area (Å²) in [6.45, 7) is 2.74. The summed E-state index contributed by atoms with van der Waals surface area (Å²) >= 11 is 0. The van der Waals surface area contributed by atoms with Crippen molar-refractivity contribution < 1.29 is 19.1 Å². The highest BCUT2D eigenvalue weighted by Crippen LogP contribution is 2.19. The van der Waals surface area contributed by atoms with Crippen LogP contribution >= 0.6 is 0 Å². The molecule has 1 rings (SSSR count). The fourth-order valence-electron chi connectivity index (χ4n) is 2.24. The van der Waals surface area contributed by atoms with Crippen molar-refractivity contribution in [3.05, 3.63) is 0 Å². The predicted molar refractivity (Wildman–Crippen MR) is 72.6 cm³/mol. The highest BCUT2D eigenvalue weighted by atomic mass is 16.5. The van der Waals surface area contributed by atoms with Crippen LogP contribution in [0.5, 0.6) is 0 Å². The molecule has 1 heterocycles. The molecule has 1 unspecified atom stereocenters. The van der Waals surface area contributed by atoms with E-state index >= 15 is 0 Å². The van der Waals surface area contributed by atoms with Crippen molar-refractivity contribution in [3.8, 4) is 0 Å². The molecule has 0 bridgehead atoms. The summed E-state index contributed by atoms with van der Waals surface area (Å²) in [7, 11) is 3.44. The van der Waals surface area contributed by atoms with Crippen LogP contribution in [0.2, 0.25) is 0 Å². The monoisotopic (exact) mass is 285 g/mol. The molecule has 0 aromatic rings. The van der Waals surface area contributed by atoms with Crippen LogP contribution in [-0.2, 0) is 19.1 Å². The van der Waals surface area contributed by atoms with Gasteiger partial charge in [-0.1, -0.05) is 0 Å². The summed E-state index contributed by atoms with van der Waals surface area (Å²) < 4.78 is 4.73. The maximum atomic E-state index is 12.0. The summed E-state index contributed by atoms with van der Waals surface area (Å²) in [6.07, 6.45) is 1.19.